The first-order valence-corrected chi connectivity index (χ1v) is 6.92. The fourth-order valence-corrected chi connectivity index (χ4v) is 2.62. The van der Waals surface area contributed by atoms with E-state index in [9.17, 15) is 4.79 Å². The molecule has 1 saturated heterocycles. The molecule has 0 aromatic heterocycles. The van der Waals surface area contributed by atoms with E-state index in [0.29, 0.717) is 11.6 Å². The first-order valence-electron chi connectivity index (χ1n) is 6.92. The van der Waals surface area contributed by atoms with E-state index in [4.69, 9.17) is 4.74 Å². The average Bonchev–Trinajstić information content (AvgIpc) is 2.47. The first-order chi connectivity index (χ1) is 9.26. The second-order valence-electron chi connectivity index (χ2n) is 4.89. The van der Waals surface area contributed by atoms with Crippen molar-refractivity contribution >= 4 is 11.7 Å². The topological polar surface area (TPSA) is 41.6 Å². The summed E-state index contributed by atoms with van der Waals surface area (Å²) >= 11 is 0. The maximum atomic E-state index is 11.8. The Hall–Kier alpha value is -1.55. The van der Waals surface area contributed by atoms with Gasteiger partial charge in [-0.2, -0.15) is 0 Å². The van der Waals surface area contributed by atoms with E-state index in [2.05, 4.69) is 17.1 Å². The molecule has 1 aliphatic heterocycles. The number of piperazine rings is 1. The molecule has 0 bridgehead atoms. The van der Waals surface area contributed by atoms with Crippen LogP contribution in [-0.2, 0) is 4.74 Å². The van der Waals surface area contributed by atoms with Crippen LogP contribution < -0.4 is 10.2 Å². The molecule has 0 radical (unpaired) electrons. The highest BCUT2D eigenvalue weighted by Gasteiger charge is 2.22. The van der Waals surface area contributed by atoms with Crippen molar-refractivity contribution in [2.45, 2.75) is 25.8 Å². The minimum Gasteiger partial charge on any atom is -0.465 e. The molecule has 1 atom stereocenters. The van der Waals surface area contributed by atoms with Crippen molar-refractivity contribution in [1.82, 2.24) is 5.32 Å². The Balaban J connectivity index is 2.19. The Morgan fingerprint density at radius 3 is 3.00 bits per heavy atom. The number of hydrogen-bond donors (Lipinski definition) is 1. The average molecular weight is 262 g/mol. The van der Waals surface area contributed by atoms with Crippen LogP contribution in [0.3, 0.4) is 0 Å². The predicted octanol–water partition coefficient (Wildman–Crippen LogP) is 2.05. The molecule has 1 N–H and O–H groups in total. The lowest BCUT2D eigenvalue weighted by molar-refractivity contribution is 0.0601. The highest BCUT2D eigenvalue weighted by Crippen LogP contribution is 2.23. The summed E-state index contributed by atoms with van der Waals surface area (Å²) in [4.78, 5) is 14.1. The SMILES string of the molecule is CCC[C@@H]1CN(c2ccccc2C(=O)OC)CCN1. The number of carbonyl (C=O) groups is 1. The minimum absolute atomic E-state index is 0.263. The van der Waals surface area contributed by atoms with Gasteiger partial charge in [0.2, 0.25) is 0 Å². The molecule has 1 fully saturated rings. The number of nitrogens with zero attached hydrogens (tertiary/aromatic N) is 1. The standard InChI is InChI=1S/C15H22N2O2/c1-3-6-12-11-17(10-9-16-12)14-8-5-4-7-13(14)15(18)19-2/h4-5,7-8,12,16H,3,6,9-11H2,1-2H3/t12-/m1/s1. The van der Waals surface area contributed by atoms with Gasteiger partial charge in [-0.25, -0.2) is 4.79 Å². The van der Waals surface area contributed by atoms with E-state index in [1.54, 1.807) is 0 Å². The van der Waals surface area contributed by atoms with Gasteiger partial charge in [0.1, 0.15) is 0 Å². The van der Waals surface area contributed by atoms with Crippen LogP contribution >= 0.6 is 0 Å². The van der Waals surface area contributed by atoms with Crippen LogP contribution in [0.4, 0.5) is 5.69 Å². The smallest absolute Gasteiger partial charge is 0.339 e. The molecule has 104 valence electrons. The molecule has 0 unspecified atom stereocenters. The quantitative estimate of drug-likeness (QED) is 0.843. The fraction of sp³-hybridized carbons (Fsp3) is 0.533. The summed E-state index contributed by atoms with van der Waals surface area (Å²) in [6.07, 6.45) is 2.33. The van der Waals surface area contributed by atoms with Crippen molar-refractivity contribution in [2.24, 2.45) is 0 Å². The molecule has 1 aromatic carbocycles. The summed E-state index contributed by atoms with van der Waals surface area (Å²) in [5, 5.41) is 3.52. The second kappa shape index (κ2) is 6.57. The molecule has 4 nitrogen and oxygen atoms in total. The van der Waals surface area contributed by atoms with E-state index in [0.717, 1.165) is 31.7 Å². The number of anilines is 1. The lowest BCUT2D eigenvalue weighted by Gasteiger charge is -2.36. The number of hydrogen-bond acceptors (Lipinski definition) is 4. The lowest BCUT2D eigenvalue weighted by atomic mass is 10.1. The largest absolute Gasteiger partial charge is 0.465 e. The molecule has 0 saturated carbocycles. The van der Waals surface area contributed by atoms with Crippen molar-refractivity contribution in [1.29, 1.82) is 0 Å². The lowest BCUT2D eigenvalue weighted by Crippen LogP contribution is -2.51. The van der Waals surface area contributed by atoms with Crippen LogP contribution in [0.25, 0.3) is 0 Å². The summed E-state index contributed by atoms with van der Waals surface area (Å²) in [5.41, 5.74) is 1.64. The molecule has 0 spiro atoms. The maximum Gasteiger partial charge on any atom is 0.339 e. The second-order valence-corrected chi connectivity index (χ2v) is 4.89. The molecule has 1 aliphatic rings. The van der Waals surface area contributed by atoms with E-state index in [-0.39, 0.29) is 5.97 Å². The first kappa shape index (κ1) is 13.9. The normalized spacial score (nSPS) is 19.3. The fourth-order valence-electron chi connectivity index (χ4n) is 2.62. The van der Waals surface area contributed by atoms with Gasteiger partial charge in [-0.05, 0) is 18.6 Å². The number of ether oxygens (including phenoxy) is 1. The van der Waals surface area contributed by atoms with Crippen molar-refractivity contribution in [3.63, 3.8) is 0 Å². The van der Waals surface area contributed by atoms with E-state index < -0.39 is 0 Å². The van der Waals surface area contributed by atoms with Crippen LogP contribution in [-0.4, -0.2) is 38.8 Å². The number of para-hydroxylation sites is 1. The Kier molecular flexibility index (Phi) is 4.80. The molecule has 2 rings (SSSR count). The Morgan fingerprint density at radius 2 is 2.26 bits per heavy atom. The van der Waals surface area contributed by atoms with Crippen molar-refractivity contribution in [2.75, 3.05) is 31.6 Å². The summed E-state index contributed by atoms with van der Waals surface area (Å²) in [5.74, 6) is -0.263. The number of rotatable bonds is 4. The molecule has 4 heteroatoms. The Morgan fingerprint density at radius 1 is 1.47 bits per heavy atom. The monoisotopic (exact) mass is 262 g/mol. The maximum absolute atomic E-state index is 11.8. The van der Waals surface area contributed by atoms with Crippen LogP contribution in [0.2, 0.25) is 0 Å². The number of benzene rings is 1. The van der Waals surface area contributed by atoms with Gasteiger partial charge in [-0.1, -0.05) is 25.5 Å². The molecule has 0 aliphatic carbocycles. The third-order valence-corrected chi connectivity index (χ3v) is 3.54. The van der Waals surface area contributed by atoms with Gasteiger partial charge in [-0.15, -0.1) is 0 Å². The Labute approximate surface area is 114 Å². The summed E-state index contributed by atoms with van der Waals surface area (Å²) in [6.45, 7) is 5.03. The van der Waals surface area contributed by atoms with Crippen LogP contribution in [0.15, 0.2) is 24.3 Å². The molecule has 1 aromatic rings. The predicted molar refractivity (Wildman–Crippen MR) is 76.7 cm³/mol. The van der Waals surface area contributed by atoms with E-state index in [1.807, 2.05) is 24.3 Å². The molecule has 19 heavy (non-hydrogen) atoms. The number of carbonyl (C=O) groups excluding carboxylic acids is 1. The molecule has 1 heterocycles. The van der Waals surface area contributed by atoms with E-state index in [1.165, 1.54) is 13.5 Å². The van der Waals surface area contributed by atoms with Gasteiger partial charge in [0.25, 0.3) is 0 Å². The van der Waals surface area contributed by atoms with Crippen LogP contribution in [0.5, 0.6) is 0 Å². The number of methoxy groups -OCH3 is 1. The minimum atomic E-state index is -0.263. The van der Waals surface area contributed by atoms with Gasteiger partial charge >= 0.3 is 5.97 Å². The van der Waals surface area contributed by atoms with Gasteiger partial charge in [0.05, 0.1) is 18.4 Å². The van der Waals surface area contributed by atoms with Gasteiger partial charge < -0.3 is 15.0 Å². The zero-order valence-electron chi connectivity index (χ0n) is 11.7. The van der Waals surface area contributed by atoms with Crippen LogP contribution in [0.1, 0.15) is 30.1 Å². The summed E-state index contributed by atoms with van der Waals surface area (Å²) < 4.78 is 4.86. The zero-order chi connectivity index (χ0) is 13.7. The number of nitrogens with one attached hydrogen (secondary N) is 1. The zero-order valence-corrected chi connectivity index (χ0v) is 11.7. The highest BCUT2D eigenvalue weighted by molar-refractivity contribution is 5.95. The van der Waals surface area contributed by atoms with E-state index >= 15 is 0 Å². The van der Waals surface area contributed by atoms with Gasteiger partial charge in [0.15, 0.2) is 0 Å². The summed E-state index contributed by atoms with van der Waals surface area (Å²) in [7, 11) is 1.43. The van der Waals surface area contributed by atoms with Gasteiger partial charge in [-0.3, -0.25) is 0 Å². The third kappa shape index (κ3) is 3.26. The van der Waals surface area contributed by atoms with Crippen molar-refractivity contribution < 1.29 is 9.53 Å². The van der Waals surface area contributed by atoms with Gasteiger partial charge in [0, 0.05) is 25.7 Å². The highest BCUT2D eigenvalue weighted by atomic mass is 16.5. The molecular formula is C15H22N2O2. The number of esters is 1. The summed E-state index contributed by atoms with van der Waals surface area (Å²) in [6, 6.07) is 8.18. The van der Waals surface area contributed by atoms with Crippen LogP contribution in [0, 0.1) is 0 Å². The van der Waals surface area contributed by atoms with Crippen molar-refractivity contribution in [3.8, 4) is 0 Å². The Bertz CT molecular complexity index is 432. The van der Waals surface area contributed by atoms with Crippen molar-refractivity contribution in [3.05, 3.63) is 29.8 Å². The molecular weight excluding hydrogens is 240 g/mol. The third-order valence-electron chi connectivity index (χ3n) is 3.54. The molecule has 0 amide bonds.